The summed E-state index contributed by atoms with van der Waals surface area (Å²) in [7, 11) is 0. The molecule has 0 heterocycles. The van der Waals surface area contributed by atoms with Gasteiger partial charge in [0.2, 0.25) is 0 Å². The van der Waals surface area contributed by atoms with Crippen molar-refractivity contribution in [2.75, 3.05) is 6.61 Å². The predicted octanol–water partition coefficient (Wildman–Crippen LogP) is 3.37. The molecule has 1 aromatic rings. The van der Waals surface area contributed by atoms with Gasteiger partial charge in [-0.05, 0) is 18.6 Å². The third-order valence-electron chi connectivity index (χ3n) is 2.21. The Hall–Kier alpha value is -1.94. The Labute approximate surface area is 117 Å². The lowest BCUT2D eigenvalue weighted by Gasteiger charge is -2.15. The normalized spacial score (nSPS) is 10.8. The van der Waals surface area contributed by atoms with Crippen LogP contribution in [0.3, 0.4) is 0 Å². The number of nitriles is 1. The van der Waals surface area contributed by atoms with Crippen molar-refractivity contribution in [1.82, 2.24) is 0 Å². The second-order valence-electron chi connectivity index (χ2n) is 3.49. The third-order valence-corrected chi connectivity index (χ3v) is 2.50. The van der Waals surface area contributed by atoms with E-state index in [0.717, 1.165) is 6.07 Å². The van der Waals surface area contributed by atoms with Gasteiger partial charge in [-0.15, -0.1) is 24.8 Å². The molecular weight excluding hydrogens is 299 g/mol. The summed E-state index contributed by atoms with van der Waals surface area (Å²) in [5.41, 5.74) is -0.793. The van der Waals surface area contributed by atoms with E-state index in [-0.39, 0.29) is 18.1 Å². The SMILES string of the molecule is CCOC(=O)c1ccc(CCl)c(C#N)c1OC(F)(F)F. The number of halogens is 4. The van der Waals surface area contributed by atoms with Crippen molar-refractivity contribution in [3.63, 3.8) is 0 Å². The van der Waals surface area contributed by atoms with Gasteiger partial charge in [0.05, 0.1) is 12.2 Å². The Morgan fingerprint density at radius 1 is 1.45 bits per heavy atom. The standard InChI is InChI=1S/C12H9ClF3NO3/c1-2-19-11(18)8-4-3-7(5-13)9(6-17)10(8)20-12(14,15)16/h3-4H,2,5H2,1H3. The topological polar surface area (TPSA) is 59.3 Å². The number of nitrogens with zero attached hydrogens (tertiary/aromatic N) is 1. The van der Waals surface area contributed by atoms with Crippen LogP contribution in [0, 0.1) is 11.3 Å². The van der Waals surface area contributed by atoms with Gasteiger partial charge < -0.3 is 9.47 Å². The molecule has 0 aliphatic rings. The minimum absolute atomic E-state index is 0.0244. The molecule has 0 unspecified atom stereocenters. The van der Waals surface area contributed by atoms with Crippen LogP contribution >= 0.6 is 11.6 Å². The zero-order valence-corrected chi connectivity index (χ0v) is 11.0. The van der Waals surface area contributed by atoms with Gasteiger partial charge >= 0.3 is 12.3 Å². The average Bonchev–Trinajstić information content (AvgIpc) is 2.36. The van der Waals surface area contributed by atoms with Crippen LogP contribution in [-0.4, -0.2) is 18.9 Å². The molecule has 0 aliphatic carbocycles. The lowest BCUT2D eigenvalue weighted by molar-refractivity contribution is -0.274. The van der Waals surface area contributed by atoms with E-state index in [4.69, 9.17) is 16.9 Å². The summed E-state index contributed by atoms with van der Waals surface area (Å²) in [6, 6.07) is 3.92. The fourth-order valence-electron chi connectivity index (χ4n) is 1.45. The summed E-state index contributed by atoms with van der Waals surface area (Å²) in [5.74, 6) is -2.10. The maximum atomic E-state index is 12.4. The number of esters is 1. The van der Waals surface area contributed by atoms with Crippen molar-refractivity contribution in [1.29, 1.82) is 5.26 Å². The summed E-state index contributed by atoms with van der Waals surface area (Å²) < 4.78 is 45.6. The molecule has 0 saturated heterocycles. The smallest absolute Gasteiger partial charge is 0.462 e. The van der Waals surface area contributed by atoms with Crippen molar-refractivity contribution in [3.05, 3.63) is 28.8 Å². The number of carbonyl (C=O) groups is 1. The molecule has 0 amide bonds. The number of carbonyl (C=O) groups excluding carboxylic acids is 1. The average molecular weight is 308 g/mol. The largest absolute Gasteiger partial charge is 0.573 e. The molecule has 1 aromatic carbocycles. The molecule has 0 radical (unpaired) electrons. The molecule has 0 aliphatic heterocycles. The van der Waals surface area contributed by atoms with Crippen molar-refractivity contribution in [3.8, 4) is 11.8 Å². The molecule has 108 valence electrons. The van der Waals surface area contributed by atoms with E-state index in [1.807, 2.05) is 0 Å². The predicted molar refractivity (Wildman–Crippen MR) is 63.4 cm³/mol. The summed E-state index contributed by atoms with van der Waals surface area (Å²) in [5, 5.41) is 8.96. The number of benzene rings is 1. The second-order valence-corrected chi connectivity index (χ2v) is 3.76. The Balaban J connectivity index is 3.45. The molecule has 0 atom stereocenters. The van der Waals surface area contributed by atoms with Crippen LogP contribution in [0.2, 0.25) is 0 Å². The summed E-state index contributed by atoms with van der Waals surface area (Å²) in [6.45, 7) is 1.48. The number of ether oxygens (including phenoxy) is 2. The molecule has 20 heavy (non-hydrogen) atoms. The Bertz CT molecular complexity index is 552. The quantitative estimate of drug-likeness (QED) is 0.632. The van der Waals surface area contributed by atoms with Crippen LogP contribution in [0.4, 0.5) is 13.2 Å². The molecule has 0 saturated carbocycles. The van der Waals surface area contributed by atoms with Gasteiger partial charge in [-0.3, -0.25) is 0 Å². The first-order valence-electron chi connectivity index (χ1n) is 5.38. The summed E-state index contributed by atoms with van der Waals surface area (Å²) >= 11 is 5.54. The van der Waals surface area contributed by atoms with E-state index in [1.54, 1.807) is 6.07 Å². The van der Waals surface area contributed by atoms with E-state index in [9.17, 15) is 18.0 Å². The first-order valence-corrected chi connectivity index (χ1v) is 5.92. The van der Waals surface area contributed by atoms with Gasteiger partial charge in [-0.25, -0.2) is 4.79 Å². The van der Waals surface area contributed by atoms with Crippen LogP contribution < -0.4 is 4.74 Å². The molecular formula is C12H9ClF3NO3. The highest BCUT2D eigenvalue weighted by molar-refractivity contribution is 6.17. The fourth-order valence-corrected chi connectivity index (χ4v) is 1.67. The zero-order valence-electron chi connectivity index (χ0n) is 10.3. The van der Waals surface area contributed by atoms with Gasteiger partial charge in [0.1, 0.15) is 11.6 Å². The first kappa shape index (κ1) is 16.1. The van der Waals surface area contributed by atoms with Crippen LogP contribution in [-0.2, 0) is 10.6 Å². The van der Waals surface area contributed by atoms with Gasteiger partial charge in [0.25, 0.3) is 0 Å². The van der Waals surface area contributed by atoms with E-state index >= 15 is 0 Å². The van der Waals surface area contributed by atoms with Crippen LogP contribution in [0.25, 0.3) is 0 Å². The highest BCUT2D eigenvalue weighted by Gasteiger charge is 2.35. The number of hydrogen-bond acceptors (Lipinski definition) is 4. The third kappa shape index (κ3) is 3.78. The van der Waals surface area contributed by atoms with Gasteiger partial charge in [0.15, 0.2) is 5.75 Å². The molecule has 1 rings (SSSR count). The molecule has 0 N–H and O–H groups in total. The number of rotatable bonds is 4. The molecule has 4 nitrogen and oxygen atoms in total. The van der Waals surface area contributed by atoms with E-state index < -0.39 is 29.2 Å². The highest BCUT2D eigenvalue weighted by atomic mass is 35.5. The van der Waals surface area contributed by atoms with E-state index in [2.05, 4.69) is 9.47 Å². The number of alkyl halides is 4. The molecule has 0 fully saturated rings. The van der Waals surface area contributed by atoms with Crippen LogP contribution in [0.15, 0.2) is 12.1 Å². The molecule has 0 spiro atoms. The Kier molecular flexibility index (Phi) is 5.22. The summed E-state index contributed by atoms with van der Waals surface area (Å²) in [6.07, 6.45) is -5.04. The van der Waals surface area contributed by atoms with Crippen molar-refractivity contribution >= 4 is 17.6 Å². The van der Waals surface area contributed by atoms with Gasteiger partial charge in [-0.2, -0.15) is 5.26 Å². The maximum absolute atomic E-state index is 12.4. The lowest BCUT2D eigenvalue weighted by Crippen LogP contribution is -2.21. The Morgan fingerprint density at radius 2 is 2.10 bits per heavy atom. The first-order chi connectivity index (χ1) is 9.34. The minimum Gasteiger partial charge on any atom is -0.462 e. The van der Waals surface area contributed by atoms with E-state index in [1.165, 1.54) is 13.0 Å². The Morgan fingerprint density at radius 3 is 2.55 bits per heavy atom. The molecule has 0 aromatic heterocycles. The van der Waals surface area contributed by atoms with Crippen molar-refractivity contribution < 1.29 is 27.4 Å². The summed E-state index contributed by atoms with van der Waals surface area (Å²) in [4.78, 5) is 11.6. The van der Waals surface area contributed by atoms with Crippen molar-refractivity contribution in [2.24, 2.45) is 0 Å². The van der Waals surface area contributed by atoms with Crippen molar-refractivity contribution in [2.45, 2.75) is 19.2 Å². The minimum atomic E-state index is -5.04. The lowest BCUT2D eigenvalue weighted by atomic mass is 10.0. The zero-order chi connectivity index (χ0) is 15.3. The molecule has 0 bridgehead atoms. The van der Waals surface area contributed by atoms with Gasteiger partial charge in [0, 0.05) is 5.88 Å². The van der Waals surface area contributed by atoms with Gasteiger partial charge in [-0.1, -0.05) is 6.07 Å². The fraction of sp³-hybridized carbons (Fsp3) is 0.333. The number of hydrogen-bond donors (Lipinski definition) is 0. The van der Waals surface area contributed by atoms with Crippen LogP contribution in [0.5, 0.6) is 5.75 Å². The molecule has 8 heteroatoms. The van der Waals surface area contributed by atoms with E-state index in [0.29, 0.717) is 0 Å². The monoisotopic (exact) mass is 307 g/mol. The second kappa shape index (κ2) is 6.48. The van der Waals surface area contributed by atoms with Crippen LogP contribution in [0.1, 0.15) is 28.4 Å². The highest BCUT2D eigenvalue weighted by Crippen LogP contribution is 2.33. The maximum Gasteiger partial charge on any atom is 0.573 e.